The van der Waals surface area contributed by atoms with Gasteiger partial charge >= 0.3 is 8.60 Å². The van der Waals surface area contributed by atoms with E-state index in [9.17, 15) is 14.9 Å². The van der Waals surface area contributed by atoms with Crippen molar-refractivity contribution in [1.82, 2.24) is 0 Å². The first-order valence-corrected chi connectivity index (χ1v) is 13.3. The van der Waals surface area contributed by atoms with Crippen LogP contribution in [0.3, 0.4) is 0 Å². The second-order valence-electron chi connectivity index (χ2n) is 9.21. The summed E-state index contributed by atoms with van der Waals surface area (Å²) < 4.78 is 5.50. The summed E-state index contributed by atoms with van der Waals surface area (Å²) >= 11 is 0. The van der Waals surface area contributed by atoms with Crippen LogP contribution >= 0.6 is 8.60 Å². The molecule has 0 aromatic heterocycles. The van der Waals surface area contributed by atoms with Gasteiger partial charge in [-0.15, -0.1) is 0 Å². The molecular weight excluding hydrogens is 419 g/mol. The number of hydrogen-bond donors (Lipinski definition) is 3. The normalized spacial score (nSPS) is 11.8. The zero-order valence-electron chi connectivity index (χ0n) is 20.2. The van der Waals surface area contributed by atoms with Gasteiger partial charge in [0.2, 0.25) is 0 Å². The first kappa shape index (κ1) is 26.6. The molecule has 2 aromatic carbocycles. The number of phenols is 1. The number of aromatic hydroxyl groups is 1. The Hall–Kier alpha value is -1.61. The highest BCUT2D eigenvalue weighted by molar-refractivity contribution is 7.39. The monoisotopic (exact) mass is 460 g/mol. The molecule has 0 aliphatic heterocycles. The molecule has 0 amide bonds. The van der Waals surface area contributed by atoms with E-state index >= 15 is 0 Å². The molecule has 0 bridgehead atoms. The maximum absolute atomic E-state index is 9.76. The Bertz CT molecular complexity index is 815. The SMILES string of the molecule is CCCCCCc1c(OP(O)O)ccc(C(C)(C)c2ccc(O)cc2)c1CCCCCC. The van der Waals surface area contributed by atoms with Crippen LogP contribution in [0, 0.1) is 0 Å². The van der Waals surface area contributed by atoms with E-state index in [1.54, 1.807) is 12.1 Å². The molecule has 32 heavy (non-hydrogen) atoms. The molecule has 0 radical (unpaired) electrons. The maximum atomic E-state index is 9.76. The molecule has 0 atom stereocenters. The number of unbranched alkanes of at least 4 members (excludes halogenated alkanes) is 6. The molecule has 0 spiro atoms. The van der Waals surface area contributed by atoms with E-state index < -0.39 is 8.60 Å². The van der Waals surface area contributed by atoms with Gasteiger partial charge in [-0.2, -0.15) is 0 Å². The van der Waals surface area contributed by atoms with Crippen molar-refractivity contribution in [2.45, 2.75) is 97.3 Å². The summed E-state index contributed by atoms with van der Waals surface area (Å²) in [7, 11) is -2.46. The third-order valence-electron chi connectivity index (χ3n) is 6.39. The van der Waals surface area contributed by atoms with Gasteiger partial charge in [-0.1, -0.05) is 84.4 Å². The van der Waals surface area contributed by atoms with E-state index in [0.29, 0.717) is 5.75 Å². The zero-order valence-corrected chi connectivity index (χ0v) is 21.1. The second kappa shape index (κ2) is 13.2. The fourth-order valence-electron chi connectivity index (χ4n) is 4.48. The summed E-state index contributed by atoms with van der Waals surface area (Å²) in [6, 6.07) is 11.5. The van der Waals surface area contributed by atoms with Gasteiger partial charge in [-0.3, -0.25) is 0 Å². The van der Waals surface area contributed by atoms with Crippen molar-refractivity contribution in [3.63, 3.8) is 0 Å². The topological polar surface area (TPSA) is 69.9 Å². The number of rotatable bonds is 14. The molecule has 0 saturated heterocycles. The third kappa shape index (κ3) is 7.47. The predicted molar refractivity (Wildman–Crippen MR) is 134 cm³/mol. The molecule has 2 aromatic rings. The van der Waals surface area contributed by atoms with Gasteiger partial charge in [-0.05, 0) is 66.1 Å². The summed E-state index contributed by atoms with van der Waals surface area (Å²) in [4.78, 5) is 19.2. The lowest BCUT2D eigenvalue weighted by molar-refractivity contribution is 0.372. The minimum Gasteiger partial charge on any atom is -0.508 e. The van der Waals surface area contributed by atoms with Gasteiger partial charge in [-0.25, -0.2) is 0 Å². The summed E-state index contributed by atoms with van der Waals surface area (Å²) in [5.74, 6) is 0.873. The number of benzene rings is 2. The fourth-order valence-corrected chi connectivity index (χ4v) is 4.83. The molecule has 0 unspecified atom stereocenters. The summed E-state index contributed by atoms with van der Waals surface area (Å²) in [6.45, 7) is 8.87. The summed E-state index contributed by atoms with van der Waals surface area (Å²) in [5, 5.41) is 9.76. The van der Waals surface area contributed by atoms with Gasteiger partial charge < -0.3 is 19.4 Å². The van der Waals surface area contributed by atoms with Crippen molar-refractivity contribution in [2.75, 3.05) is 0 Å². The molecular formula is C27H41O4P. The lowest BCUT2D eigenvalue weighted by atomic mass is 9.74. The van der Waals surface area contributed by atoms with Crippen molar-refractivity contribution in [3.05, 3.63) is 58.7 Å². The molecule has 2 rings (SSSR count). The van der Waals surface area contributed by atoms with Crippen LogP contribution in [0.2, 0.25) is 0 Å². The van der Waals surface area contributed by atoms with Crippen LogP contribution in [0.5, 0.6) is 11.5 Å². The highest BCUT2D eigenvalue weighted by Crippen LogP contribution is 2.42. The van der Waals surface area contributed by atoms with Crippen LogP contribution < -0.4 is 4.52 Å². The van der Waals surface area contributed by atoms with Crippen molar-refractivity contribution < 1.29 is 19.4 Å². The lowest BCUT2D eigenvalue weighted by Gasteiger charge is -2.31. The molecule has 0 aliphatic rings. The van der Waals surface area contributed by atoms with E-state index in [4.69, 9.17) is 4.52 Å². The number of hydrogen-bond acceptors (Lipinski definition) is 4. The molecule has 5 heteroatoms. The van der Waals surface area contributed by atoms with E-state index in [0.717, 1.165) is 43.2 Å². The van der Waals surface area contributed by atoms with Crippen LogP contribution in [0.15, 0.2) is 36.4 Å². The van der Waals surface area contributed by atoms with Gasteiger partial charge in [0, 0.05) is 5.41 Å². The molecule has 0 heterocycles. The van der Waals surface area contributed by atoms with Gasteiger partial charge in [0.05, 0.1) is 0 Å². The molecule has 3 N–H and O–H groups in total. The predicted octanol–water partition coefficient (Wildman–Crippen LogP) is 7.55. The van der Waals surface area contributed by atoms with Gasteiger partial charge in [0.1, 0.15) is 11.5 Å². The third-order valence-corrected chi connectivity index (χ3v) is 6.75. The van der Waals surface area contributed by atoms with Crippen molar-refractivity contribution in [2.24, 2.45) is 0 Å². The highest BCUT2D eigenvalue weighted by Gasteiger charge is 2.28. The van der Waals surface area contributed by atoms with E-state index in [2.05, 4.69) is 33.8 Å². The molecule has 4 nitrogen and oxygen atoms in total. The number of phenolic OH excluding ortho intramolecular Hbond substituents is 1. The van der Waals surface area contributed by atoms with Crippen LogP contribution in [-0.2, 0) is 18.3 Å². The smallest absolute Gasteiger partial charge is 0.391 e. The average Bonchev–Trinajstić information content (AvgIpc) is 2.75. The molecule has 0 aliphatic carbocycles. The quantitative estimate of drug-likeness (QED) is 0.201. The van der Waals surface area contributed by atoms with E-state index in [1.165, 1.54) is 43.2 Å². The van der Waals surface area contributed by atoms with Crippen molar-refractivity contribution >= 4 is 8.60 Å². The van der Waals surface area contributed by atoms with E-state index in [1.807, 2.05) is 18.2 Å². The second-order valence-corrected chi connectivity index (χ2v) is 9.89. The summed E-state index contributed by atoms with van der Waals surface area (Å²) in [5.41, 5.74) is 4.54. The Balaban J connectivity index is 2.52. The van der Waals surface area contributed by atoms with Crippen molar-refractivity contribution in [1.29, 1.82) is 0 Å². The Morgan fingerprint density at radius 3 is 1.84 bits per heavy atom. The zero-order chi connectivity index (χ0) is 23.6. The maximum Gasteiger partial charge on any atom is 0.391 e. The van der Waals surface area contributed by atoms with Crippen LogP contribution in [0.25, 0.3) is 0 Å². The Kier molecular flexibility index (Phi) is 11.0. The first-order valence-electron chi connectivity index (χ1n) is 12.1. The Morgan fingerprint density at radius 1 is 0.750 bits per heavy atom. The fraction of sp³-hybridized carbons (Fsp3) is 0.556. The highest BCUT2D eigenvalue weighted by atomic mass is 31.2. The van der Waals surface area contributed by atoms with Gasteiger partial charge in [0.25, 0.3) is 0 Å². The minimum absolute atomic E-state index is 0.256. The van der Waals surface area contributed by atoms with E-state index in [-0.39, 0.29) is 11.2 Å². The summed E-state index contributed by atoms with van der Waals surface area (Å²) in [6.07, 6.45) is 11.1. The van der Waals surface area contributed by atoms with Crippen LogP contribution in [0.1, 0.15) is 101 Å². The average molecular weight is 461 g/mol. The van der Waals surface area contributed by atoms with Crippen LogP contribution in [-0.4, -0.2) is 14.9 Å². The molecule has 0 fully saturated rings. The largest absolute Gasteiger partial charge is 0.508 e. The Morgan fingerprint density at radius 2 is 1.31 bits per heavy atom. The lowest BCUT2D eigenvalue weighted by Crippen LogP contribution is -2.22. The Labute approximate surface area is 195 Å². The van der Waals surface area contributed by atoms with Gasteiger partial charge in [0.15, 0.2) is 0 Å². The van der Waals surface area contributed by atoms with Crippen LogP contribution in [0.4, 0.5) is 0 Å². The minimum atomic E-state index is -2.46. The molecule has 0 saturated carbocycles. The van der Waals surface area contributed by atoms with Crippen molar-refractivity contribution in [3.8, 4) is 11.5 Å². The molecule has 178 valence electrons. The first-order chi connectivity index (χ1) is 15.3. The standard InChI is InChI=1S/C27H41O4P/c1-5-7-9-11-13-23-24(14-12-10-8-6-2)26(31-32(29)30)20-19-25(23)27(3,4)21-15-17-22(28)18-16-21/h15-20,28-30H,5-14H2,1-4H3.